The number of halogens is 1. The van der Waals surface area contributed by atoms with Crippen molar-refractivity contribution in [2.75, 3.05) is 31.1 Å². The van der Waals surface area contributed by atoms with Gasteiger partial charge in [0.2, 0.25) is 0 Å². The zero-order valence-electron chi connectivity index (χ0n) is 13.6. The molecule has 0 aliphatic carbocycles. The molecule has 8 heteroatoms. The number of benzene rings is 1. The maximum absolute atomic E-state index is 12.6. The number of hydrogen-bond acceptors (Lipinski definition) is 5. The molecule has 0 radical (unpaired) electrons. The van der Waals surface area contributed by atoms with Crippen LogP contribution in [0.25, 0.3) is 0 Å². The number of carbonyl (C=O) groups is 2. The fourth-order valence-corrected chi connectivity index (χ4v) is 3.04. The largest absolute Gasteiger partial charge is 0.476 e. The molecule has 0 unspecified atom stereocenters. The minimum atomic E-state index is -1.26. The number of carbonyl (C=O) groups excluding carboxylic acids is 1. The lowest BCUT2D eigenvalue weighted by molar-refractivity contribution is 0.0663. The van der Waals surface area contributed by atoms with Crippen molar-refractivity contribution in [3.8, 4) is 0 Å². The van der Waals surface area contributed by atoms with Gasteiger partial charge >= 0.3 is 5.97 Å². The summed E-state index contributed by atoms with van der Waals surface area (Å²) in [5, 5.41) is 9.84. The van der Waals surface area contributed by atoms with Crippen LogP contribution in [0.2, 0.25) is 5.02 Å². The van der Waals surface area contributed by atoms with Crippen LogP contribution in [-0.4, -0.2) is 58.0 Å². The van der Waals surface area contributed by atoms with Gasteiger partial charge in [0, 0.05) is 49.3 Å². The van der Waals surface area contributed by atoms with Gasteiger partial charge in [-0.3, -0.25) is 4.79 Å². The summed E-state index contributed by atoms with van der Waals surface area (Å²) < 4.78 is 0. The summed E-state index contributed by atoms with van der Waals surface area (Å²) in [5.41, 5.74) is 1.72. The van der Waals surface area contributed by atoms with Gasteiger partial charge in [-0.1, -0.05) is 17.7 Å². The summed E-state index contributed by atoms with van der Waals surface area (Å²) in [7, 11) is 0. The van der Waals surface area contributed by atoms with Crippen molar-refractivity contribution in [1.82, 2.24) is 14.9 Å². The zero-order valence-corrected chi connectivity index (χ0v) is 14.4. The SMILES string of the molecule is Cc1ccc(Cl)cc1N1CCN(C(=O)c2nccnc2C(=O)O)CC1. The van der Waals surface area contributed by atoms with Gasteiger partial charge in [0.05, 0.1) is 0 Å². The van der Waals surface area contributed by atoms with E-state index in [0.717, 1.165) is 11.3 Å². The van der Waals surface area contributed by atoms with Crippen molar-refractivity contribution in [2.45, 2.75) is 6.92 Å². The van der Waals surface area contributed by atoms with E-state index in [4.69, 9.17) is 16.7 Å². The Morgan fingerprint density at radius 1 is 1.08 bits per heavy atom. The molecular weight excluding hydrogens is 344 g/mol. The normalized spacial score (nSPS) is 14.5. The summed E-state index contributed by atoms with van der Waals surface area (Å²) >= 11 is 6.08. The molecule has 0 bridgehead atoms. The maximum Gasteiger partial charge on any atom is 0.356 e. The van der Waals surface area contributed by atoms with Gasteiger partial charge in [0.15, 0.2) is 11.4 Å². The number of carboxylic acid groups (broad SMARTS) is 1. The minimum absolute atomic E-state index is 0.123. The van der Waals surface area contributed by atoms with Crippen LogP contribution in [0, 0.1) is 6.92 Å². The number of aryl methyl sites for hydroxylation is 1. The number of aromatic carboxylic acids is 1. The van der Waals surface area contributed by atoms with E-state index >= 15 is 0 Å². The number of amides is 1. The highest BCUT2D eigenvalue weighted by Crippen LogP contribution is 2.25. The highest BCUT2D eigenvalue weighted by molar-refractivity contribution is 6.30. The molecule has 1 fully saturated rings. The summed E-state index contributed by atoms with van der Waals surface area (Å²) in [6.45, 7) is 4.23. The van der Waals surface area contributed by atoms with Crippen LogP contribution in [0.15, 0.2) is 30.6 Å². The third-order valence-corrected chi connectivity index (χ3v) is 4.42. The third-order valence-electron chi connectivity index (χ3n) is 4.18. The van der Waals surface area contributed by atoms with E-state index in [0.29, 0.717) is 31.2 Å². The molecule has 2 heterocycles. The third kappa shape index (κ3) is 3.56. The van der Waals surface area contributed by atoms with Gasteiger partial charge < -0.3 is 14.9 Å². The molecule has 25 heavy (non-hydrogen) atoms. The molecule has 1 aliphatic heterocycles. The quantitative estimate of drug-likeness (QED) is 0.902. The average Bonchev–Trinajstić information content (AvgIpc) is 2.63. The highest BCUT2D eigenvalue weighted by atomic mass is 35.5. The first kappa shape index (κ1) is 17.2. The molecule has 1 N–H and O–H groups in total. The smallest absolute Gasteiger partial charge is 0.356 e. The fourth-order valence-electron chi connectivity index (χ4n) is 2.87. The predicted octanol–water partition coefficient (Wildman–Crippen LogP) is 2.10. The Labute approximate surface area is 149 Å². The molecule has 1 aliphatic rings. The van der Waals surface area contributed by atoms with E-state index in [1.807, 2.05) is 25.1 Å². The summed E-state index contributed by atoms with van der Waals surface area (Å²) in [6.07, 6.45) is 2.59. The van der Waals surface area contributed by atoms with Gasteiger partial charge in [-0.25, -0.2) is 14.8 Å². The van der Waals surface area contributed by atoms with Gasteiger partial charge in [0.25, 0.3) is 5.91 Å². The lowest BCUT2D eigenvalue weighted by atomic mass is 10.1. The number of anilines is 1. The zero-order chi connectivity index (χ0) is 18.0. The second-order valence-electron chi connectivity index (χ2n) is 5.77. The van der Waals surface area contributed by atoms with Crippen molar-refractivity contribution in [3.05, 3.63) is 52.6 Å². The Morgan fingerprint density at radius 3 is 2.36 bits per heavy atom. The number of aromatic nitrogens is 2. The van der Waals surface area contributed by atoms with Crippen LogP contribution >= 0.6 is 11.6 Å². The molecule has 130 valence electrons. The van der Waals surface area contributed by atoms with Crippen LogP contribution in [-0.2, 0) is 0 Å². The Balaban J connectivity index is 1.73. The molecule has 1 aromatic heterocycles. The number of carboxylic acids is 1. The van der Waals surface area contributed by atoms with E-state index in [2.05, 4.69) is 14.9 Å². The van der Waals surface area contributed by atoms with E-state index in [1.165, 1.54) is 12.4 Å². The van der Waals surface area contributed by atoms with E-state index in [1.54, 1.807) is 4.90 Å². The van der Waals surface area contributed by atoms with Crippen LogP contribution in [0.5, 0.6) is 0 Å². The second-order valence-corrected chi connectivity index (χ2v) is 6.21. The average molecular weight is 361 g/mol. The number of hydrogen-bond donors (Lipinski definition) is 1. The second kappa shape index (κ2) is 7.06. The van der Waals surface area contributed by atoms with Gasteiger partial charge in [-0.2, -0.15) is 0 Å². The highest BCUT2D eigenvalue weighted by Gasteiger charge is 2.27. The molecule has 0 atom stereocenters. The Kier molecular flexibility index (Phi) is 4.85. The molecule has 0 spiro atoms. The van der Waals surface area contributed by atoms with Gasteiger partial charge in [-0.15, -0.1) is 0 Å². The van der Waals surface area contributed by atoms with Crippen LogP contribution in [0.3, 0.4) is 0 Å². The Hall–Kier alpha value is -2.67. The van der Waals surface area contributed by atoms with Crippen LogP contribution < -0.4 is 4.90 Å². The van der Waals surface area contributed by atoms with Crippen molar-refractivity contribution >= 4 is 29.2 Å². The summed E-state index contributed by atoms with van der Waals surface area (Å²) in [4.78, 5) is 35.3. The number of nitrogens with zero attached hydrogens (tertiary/aromatic N) is 4. The molecule has 0 saturated carbocycles. The Bertz CT molecular complexity index is 819. The predicted molar refractivity (Wildman–Crippen MR) is 93.3 cm³/mol. The molecular formula is C17H17ClN4O3. The summed E-state index contributed by atoms with van der Waals surface area (Å²) in [5.74, 6) is -1.67. The monoisotopic (exact) mass is 360 g/mol. The van der Waals surface area contributed by atoms with Crippen molar-refractivity contribution in [1.29, 1.82) is 0 Å². The van der Waals surface area contributed by atoms with Crippen LogP contribution in [0.1, 0.15) is 26.5 Å². The maximum atomic E-state index is 12.6. The minimum Gasteiger partial charge on any atom is -0.476 e. The first-order chi connectivity index (χ1) is 12.0. The molecule has 7 nitrogen and oxygen atoms in total. The van der Waals surface area contributed by atoms with E-state index < -0.39 is 11.9 Å². The summed E-state index contributed by atoms with van der Waals surface area (Å²) in [6, 6.07) is 5.73. The van der Waals surface area contributed by atoms with E-state index in [9.17, 15) is 9.59 Å². The van der Waals surface area contributed by atoms with Crippen molar-refractivity contribution in [2.24, 2.45) is 0 Å². The number of piperazine rings is 1. The lowest BCUT2D eigenvalue weighted by Gasteiger charge is -2.36. The van der Waals surface area contributed by atoms with Gasteiger partial charge in [0.1, 0.15) is 0 Å². The van der Waals surface area contributed by atoms with Crippen molar-refractivity contribution < 1.29 is 14.7 Å². The first-order valence-electron chi connectivity index (χ1n) is 7.82. The molecule has 1 saturated heterocycles. The lowest BCUT2D eigenvalue weighted by Crippen LogP contribution is -2.49. The van der Waals surface area contributed by atoms with Crippen LogP contribution in [0.4, 0.5) is 5.69 Å². The Morgan fingerprint density at radius 2 is 1.72 bits per heavy atom. The van der Waals surface area contributed by atoms with E-state index in [-0.39, 0.29) is 11.4 Å². The number of rotatable bonds is 3. The van der Waals surface area contributed by atoms with Gasteiger partial charge in [-0.05, 0) is 24.6 Å². The first-order valence-corrected chi connectivity index (χ1v) is 8.20. The molecule has 2 aromatic rings. The van der Waals surface area contributed by atoms with Crippen molar-refractivity contribution in [3.63, 3.8) is 0 Å². The molecule has 3 rings (SSSR count). The molecule has 1 aromatic carbocycles. The topological polar surface area (TPSA) is 86.6 Å². The molecule has 1 amide bonds. The standard InChI is InChI=1S/C17H17ClN4O3/c1-11-2-3-12(18)10-13(11)21-6-8-22(9-7-21)16(23)14-15(17(24)25)20-5-4-19-14/h2-5,10H,6-9H2,1H3,(H,24,25). The fraction of sp³-hybridized carbons (Fsp3) is 0.294.